The molecule has 0 saturated heterocycles. The van der Waals surface area contributed by atoms with Crippen molar-refractivity contribution < 1.29 is 9.47 Å². The SMILES string of the molecule is COc1cc(C)c(-c2cnc(C#N)[nH]2)cc1OC. The van der Waals surface area contributed by atoms with Gasteiger partial charge in [0.15, 0.2) is 11.5 Å². The minimum absolute atomic E-state index is 0.291. The van der Waals surface area contributed by atoms with Crippen LogP contribution < -0.4 is 9.47 Å². The first-order valence-corrected chi connectivity index (χ1v) is 5.37. The van der Waals surface area contributed by atoms with Gasteiger partial charge in [0, 0.05) is 5.56 Å². The number of rotatable bonds is 3. The van der Waals surface area contributed by atoms with Crippen LogP contribution >= 0.6 is 0 Å². The number of benzene rings is 1. The number of aromatic nitrogens is 2. The van der Waals surface area contributed by atoms with Crippen molar-refractivity contribution in [1.29, 1.82) is 5.26 Å². The molecule has 5 nitrogen and oxygen atoms in total. The number of methoxy groups -OCH3 is 2. The van der Waals surface area contributed by atoms with E-state index in [9.17, 15) is 0 Å². The highest BCUT2D eigenvalue weighted by molar-refractivity contribution is 5.68. The summed E-state index contributed by atoms with van der Waals surface area (Å²) in [6.45, 7) is 1.96. The van der Waals surface area contributed by atoms with Gasteiger partial charge in [-0.15, -0.1) is 0 Å². The van der Waals surface area contributed by atoms with Crippen molar-refractivity contribution in [2.75, 3.05) is 14.2 Å². The summed E-state index contributed by atoms with van der Waals surface area (Å²) < 4.78 is 10.5. The summed E-state index contributed by atoms with van der Waals surface area (Å²) in [5, 5.41) is 8.76. The average molecular weight is 243 g/mol. The van der Waals surface area contributed by atoms with Gasteiger partial charge in [-0.1, -0.05) is 0 Å². The zero-order chi connectivity index (χ0) is 13.1. The molecule has 1 N–H and O–H groups in total. The highest BCUT2D eigenvalue weighted by atomic mass is 16.5. The summed E-state index contributed by atoms with van der Waals surface area (Å²) in [6, 6.07) is 5.72. The molecule has 92 valence electrons. The van der Waals surface area contributed by atoms with E-state index in [1.165, 1.54) is 0 Å². The number of hydrogen-bond donors (Lipinski definition) is 1. The van der Waals surface area contributed by atoms with Crippen LogP contribution in [0.4, 0.5) is 0 Å². The minimum atomic E-state index is 0.291. The summed E-state index contributed by atoms with van der Waals surface area (Å²) in [4.78, 5) is 6.90. The summed E-state index contributed by atoms with van der Waals surface area (Å²) in [7, 11) is 3.19. The molecule has 1 heterocycles. The van der Waals surface area contributed by atoms with E-state index in [2.05, 4.69) is 9.97 Å². The van der Waals surface area contributed by atoms with Gasteiger partial charge in [0.25, 0.3) is 0 Å². The van der Waals surface area contributed by atoms with Crippen molar-refractivity contribution in [1.82, 2.24) is 9.97 Å². The molecule has 2 aromatic rings. The van der Waals surface area contributed by atoms with E-state index < -0.39 is 0 Å². The molecule has 2 rings (SSSR count). The summed E-state index contributed by atoms with van der Waals surface area (Å²) in [5.74, 6) is 1.61. The summed E-state index contributed by atoms with van der Waals surface area (Å²) in [6.07, 6.45) is 1.63. The predicted octanol–water partition coefficient (Wildman–Crippen LogP) is 2.27. The smallest absolute Gasteiger partial charge is 0.210 e. The van der Waals surface area contributed by atoms with Crippen LogP contribution in [0.2, 0.25) is 0 Å². The Kier molecular flexibility index (Phi) is 3.20. The van der Waals surface area contributed by atoms with Gasteiger partial charge in [0.2, 0.25) is 5.82 Å². The van der Waals surface area contributed by atoms with Crippen LogP contribution in [0.15, 0.2) is 18.3 Å². The second kappa shape index (κ2) is 4.80. The van der Waals surface area contributed by atoms with E-state index in [0.717, 1.165) is 16.8 Å². The van der Waals surface area contributed by atoms with Crippen molar-refractivity contribution in [3.05, 3.63) is 29.7 Å². The first-order valence-electron chi connectivity index (χ1n) is 5.37. The van der Waals surface area contributed by atoms with E-state index in [4.69, 9.17) is 14.7 Å². The van der Waals surface area contributed by atoms with Gasteiger partial charge >= 0.3 is 0 Å². The molecule has 0 aliphatic heterocycles. The quantitative estimate of drug-likeness (QED) is 0.897. The maximum atomic E-state index is 8.76. The molecule has 0 atom stereocenters. The number of imidazole rings is 1. The number of nitriles is 1. The summed E-state index contributed by atoms with van der Waals surface area (Å²) in [5.41, 5.74) is 2.73. The largest absolute Gasteiger partial charge is 0.493 e. The van der Waals surface area contributed by atoms with E-state index >= 15 is 0 Å². The van der Waals surface area contributed by atoms with Gasteiger partial charge in [0.05, 0.1) is 26.1 Å². The van der Waals surface area contributed by atoms with E-state index in [1.807, 2.05) is 25.1 Å². The Balaban J connectivity index is 2.54. The molecule has 0 bridgehead atoms. The van der Waals surface area contributed by atoms with Gasteiger partial charge in [0.1, 0.15) is 6.07 Å². The third-order valence-electron chi connectivity index (χ3n) is 2.70. The standard InChI is InChI=1S/C13H13N3O2/c1-8-4-11(17-2)12(18-3)5-9(8)10-7-15-13(6-14)16-10/h4-5,7H,1-3H3,(H,15,16). The maximum absolute atomic E-state index is 8.76. The third kappa shape index (κ3) is 2.00. The molecule has 18 heavy (non-hydrogen) atoms. The van der Waals surface area contributed by atoms with Crippen LogP contribution in [0.1, 0.15) is 11.4 Å². The number of hydrogen-bond acceptors (Lipinski definition) is 4. The molecule has 1 aromatic carbocycles. The van der Waals surface area contributed by atoms with E-state index in [-0.39, 0.29) is 0 Å². The lowest BCUT2D eigenvalue weighted by Gasteiger charge is -2.11. The number of aryl methyl sites for hydroxylation is 1. The fourth-order valence-electron chi connectivity index (χ4n) is 1.79. The van der Waals surface area contributed by atoms with Crippen LogP contribution in [0.5, 0.6) is 11.5 Å². The molecule has 0 spiro atoms. The predicted molar refractivity (Wildman–Crippen MR) is 66.6 cm³/mol. The Hall–Kier alpha value is -2.48. The number of aromatic amines is 1. The lowest BCUT2D eigenvalue weighted by atomic mass is 10.1. The van der Waals surface area contributed by atoms with Gasteiger partial charge in [-0.2, -0.15) is 5.26 Å². The molecule has 0 amide bonds. The minimum Gasteiger partial charge on any atom is -0.493 e. The highest BCUT2D eigenvalue weighted by Crippen LogP contribution is 2.34. The molecule has 1 aromatic heterocycles. The number of ether oxygens (including phenoxy) is 2. The lowest BCUT2D eigenvalue weighted by molar-refractivity contribution is 0.355. The van der Waals surface area contributed by atoms with Gasteiger partial charge in [-0.05, 0) is 24.6 Å². The molecular weight excluding hydrogens is 230 g/mol. The van der Waals surface area contributed by atoms with Gasteiger partial charge in [-0.25, -0.2) is 4.98 Å². The second-order valence-corrected chi connectivity index (χ2v) is 3.78. The van der Waals surface area contributed by atoms with E-state index in [0.29, 0.717) is 17.3 Å². The Labute approximate surface area is 105 Å². The fraction of sp³-hybridized carbons (Fsp3) is 0.231. The Bertz CT molecular complexity index is 611. The number of H-pyrrole nitrogens is 1. The molecular formula is C13H13N3O2. The summed E-state index contributed by atoms with van der Waals surface area (Å²) >= 11 is 0. The van der Waals surface area contributed by atoms with Crippen molar-refractivity contribution >= 4 is 0 Å². The fourth-order valence-corrected chi connectivity index (χ4v) is 1.79. The van der Waals surface area contributed by atoms with Crippen LogP contribution in [0.3, 0.4) is 0 Å². The van der Waals surface area contributed by atoms with Crippen molar-refractivity contribution in [2.24, 2.45) is 0 Å². The Morgan fingerprint density at radius 3 is 2.44 bits per heavy atom. The molecule has 0 radical (unpaired) electrons. The first-order chi connectivity index (χ1) is 8.69. The zero-order valence-electron chi connectivity index (χ0n) is 10.4. The first kappa shape index (κ1) is 12.0. The monoisotopic (exact) mass is 243 g/mol. The number of nitrogens with one attached hydrogen (secondary N) is 1. The Morgan fingerprint density at radius 1 is 1.22 bits per heavy atom. The molecule has 5 heteroatoms. The second-order valence-electron chi connectivity index (χ2n) is 3.78. The lowest BCUT2D eigenvalue weighted by Crippen LogP contribution is -1.93. The van der Waals surface area contributed by atoms with Crippen LogP contribution in [0.25, 0.3) is 11.3 Å². The van der Waals surface area contributed by atoms with Crippen LogP contribution in [0, 0.1) is 18.3 Å². The molecule has 0 aliphatic carbocycles. The molecule has 0 aliphatic rings. The Morgan fingerprint density at radius 2 is 1.89 bits per heavy atom. The van der Waals surface area contributed by atoms with Crippen LogP contribution in [-0.2, 0) is 0 Å². The van der Waals surface area contributed by atoms with Gasteiger partial charge in [-0.3, -0.25) is 0 Å². The normalized spacial score (nSPS) is 9.89. The third-order valence-corrected chi connectivity index (χ3v) is 2.70. The van der Waals surface area contributed by atoms with Crippen molar-refractivity contribution in [2.45, 2.75) is 6.92 Å². The average Bonchev–Trinajstić information content (AvgIpc) is 2.86. The van der Waals surface area contributed by atoms with Gasteiger partial charge < -0.3 is 14.5 Å². The molecule has 0 unspecified atom stereocenters. The highest BCUT2D eigenvalue weighted by Gasteiger charge is 2.11. The number of nitrogens with zero attached hydrogens (tertiary/aromatic N) is 2. The van der Waals surface area contributed by atoms with Crippen LogP contribution in [-0.4, -0.2) is 24.2 Å². The maximum Gasteiger partial charge on any atom is 0.210 e. The molecule has 0 fully saturated rings. The van der Waals surface area contributed by atoms with Crippen molar-refractivity contribution in [3.8, 4) is 28.8 Å². The van der Waals surface area contributed by atoms with Crippen molar-refractivity contribution in [3.63, 3.8) is 0 Å². The topological polar surface area (TPSA) is 70.9 Å². The zero-order valence-corrected chi connectivity index (χ0v) is 10.4. The molecule has 0 saturated carbocycles. The van der Waals surface area contributed by atoms with E-state index in [1.54, 1.807) is 20.4 Å².